The molecule has 0 amide bonds. The molecule has 0 unspecified atom stereocenters. The standard InChI is InChI=1S/C8H12N2O2.H3O4P/c1-11-6-3-4-8(12-2)7(5-6)10-9;1-5(2,3)4/h3-5,10H,9H2,1-2H3;(H3,1,2,3,4). The van der Waals surface area contributed by atoms with Crippen molar-refractivity contribution < 1.29 is 28.7 Å². The molecule has 0 aliphatic heterocycles. The molecule has 6 N–H and O–H groups in total. The predicted molar refractivity (Wildman–Crippen MR) is 61.6 cm³/mol. The normalized spacial score (nSPS) is 10.0. The smallest absolute Gasteiger partial charge is 0.466 e. The van der Waals surface area contributed by atoms with Gasteiger partial charge in [-0.3, -0.25) is 5.84 Å². The quantitative estimate of drug-likeness (QED) is 0.294. The van der Waals surface area contributed by atoms with Gasteiger partial charge >= 0.3 is 7.82 Å². The highest BCUT2D eigenvalue weighted by Gasteiger charge is 2.01. The lowest BCUT2D eigenvalue weighted by atomic mass is 10.3. The second kappa shape index (κ2) is 7.10. The van der Waals surface area contributed by atoms with E-state index in [2.05, 4.69) is 5.43 Å². The Morgan fingerprint density at radius 3 is 2.12 bits per heavy atom. The summed E-state index contributed by atoms with van der Waals surface area (Å²) >= 11 is 0. The molecule has 0 fully saturated rings. The first-order chi connectivity index (χ1) is 7.81. The van der Waals surface area contributed by atoms with E-state index in [0.29, 0.717) is 11.4 Å². The number of hydrogen-bond donors (Lipinski definition) is 5. The molecule has 0 saturated carbocycles. The summed E-state index contributed by atoms with van der Waals surface area (Å²) in [6.45, 7) is 0. The van der Waals surface area contributed by atoms with E-state index in [1.165, 1.54) is 0 Å². The van der Waals surface area contributed by atoms with Gasteiger partial charge in [-0.05, 0) is 12.1 Å². The number of anilines is 1. The summed E-state index contributed by atoms with van der Waals surface area (Å²) < 4.78 is 18.9. The third-order valence-electron chi connectivity index (χ3n) is 1.56. The van der Waals surface area contributed by atoms with Gasteiger partial charge in [-0.15, -0.1) is 0 Å². The van der Waals surface area contributed by atoms with Gasteiger partial charge in [0, 0.05) is 6.07 Å². The van der Waals surface area contributed by atoms with Gasteiger partial charge < -0.3 is 29.6 Å². The topological polar surface area (TPSA) is 134 Å². The maximum atomic E-state index is 8.88. The molecular formula is C8H15N2O6P. The van der Waals surface area contributed by atoms with Gasteiger partial charge in [0.1, 0.15) is 11.5 Å². The molecule has 9 heteroatoms. The van der Waals surface area contributed by atoms with Crippen molar-refractivity contribution in [3.8, 4) is 11.5 Å². The van der Waals surface area contributed by atoms with Gasteiger partial charge in [-0.25, -0.2) is 4.57 Å². The SMILES string of the molecule is COc1ccc(OC)c(NN)c1.O=P(O)(O)O. The molecule has 0 aliphatic rings. The number of nitrogen functional groups attached to an aromatic ring is 1. The first-order valence-electron chi connectivity index (χ1n) is 4.28. The summed E-state index contributed by atoms with van der Waals surface area (Å²) in [6, 6.07) is 5.35. The van der Waals surface area contributed by atoms with E-state index < -0.39 is 7.82 Å². The Morgan fingerprint density at radius 1 is 1.24 bits per heavy atom. The molecule has 0 radical (unpaired) electrons. The van der Waals surface area contributed by atoms with E-state index in [0.717, 1.165) is 5.75 Å². The highest BCUT2D eigenvalue weighted by Crippen LogP contribution is 2.27. The van der Waals surface area contributed by atoms with Crippen molar-refractivity contribution in [1.29, 1.82) is 0 Å². The number of nitrogens with one attached hydrogen (secondary N) is 1. The van der Waals surface area contributed by atoms with E-state index in [1.807, 2.05) is 0 Å². The average Bonchev–Trinajstić information content (AvgIpc) is 2.25. The molecule has 0 heterocycles. The Labute approximate surface area is 98.2 Å². The van der Waals surface area contributed by atoms with Crippen LogP contribution in [-0.4, -0.2) is 28.9 Å². The van der Waals surface area contributed by atoms with Crippen LogP contribution in [0.2, 0.25) is 0 Å². The molecule has 8 nitrogen and oxygen atoms in total. The van der Waals surface area contributed by atoms with Crippen LogP contribution in [0.4, 0.5) is 5.69 Å². The summed E-state index contributed by atoms with van der Waals surface area (Å²) in [5.41, 5.74) is 3.22. The number of hydrazine groups is 1. The van der Waals surface area contributed by atoms with E-state index in [-0.39, 0.29) is 0 Å². The lowest BCUT2D eigenvalue weighted by molar-refractivity contribution is 0.275. The Morgan fingerprint density at radius 2 is 1.76 bits per heavy atom. The number of rotatable bonds is 3. The zero-order chi connectivity index (χ0) is 13.5. The highest BCUT2D eigenvalue weighted by molar-refractivity contribution is 7.45. The molecule has 1 aromatic carbocycles. The lowest BCUT2D eigenvalue weighted by Gasteiger charge is -2.08. The summed E-state index contributed by atoms with van der Waals surface area (Å²) in [7, 11) is -1.45. The van der Waals surface area contributed by atoms with Crippen molar-refractivity contribution in [2.75, 3.05) is 19.6 Å². The van der Waals surface area contributed by atoms with Crippen LogP contribution < -0.4 is 20.7 Å². The number of nitrogens with two attached hydrogens (primary N) is 1. The van der Waals surface area contributed by atoms with Crippen LogP contribution in [-0.2, 0) is 4.57 Å². The van der Waals surface area contributed by atoms with Crippen molar-refractivity contribution in [2.24, 2.45) is 5.84 Å². The molecule has 1 aromatic rings. The molecule has 0 atom stereocenters. The zero-order valence-electron chi connectivity index (χ0n) is 9.32. The van der Waals surface area contributed by atoms with Crippen molar-refractivity contribution >= 4 is 13.5 Å². The molecule has 0 spiro atoms. The molecule has 0 saturated heterocycles. The second-order valence-electron chi connectivity index (χ2n) is 2.72. The lowest BCUT2D eigenvalue weighted by Crippen LogP contribution is -2.08. The van der Waals surface area contributed by atoms with E-state index >= 15 is 0 Å². The summed E-state index contributed by atoms with van der Waals surface area (Å²) in [5.74, 6) is 6.70. The third-order valence-corrected chi connectivity index (χ3v) is 1.56. The van der Waals surface area contributed by atoms with Crippen molar-refractivity contribution in [1.82, 2.24) is 0 Å². The number of ether oxygens (including phenoxy) is 2. The molecule has 0 aromatic heterocycles. The fourth-order valence-electron chi connectivity index (χ4n) is 0.927. The van der Waals surface area contributed by atoms with E-state index in [1.54, 1.807) is 32.4 Å². The summed E-state index contributed by atoms with van der Waals surface area (Å²) in [5, 5.41) is 0. The first kappa shape index (κ1) is 15.7. The molecule has 0 aliphatic carbocycles. The maximum Gasteiger partial charge on any atom is 0.466 e. The monoisotopic (exact) mass is 266 g/mol. The minimum Gasteiger partial charge on any atom is -0.497 e. The van der Waals surface area contributed by atoms with Gasteiger partial charge in [-0.1, -0.05) is 0 Å². The molecular weight excluding hydrogens is 251 g/mol. The van der Waals surface area contributed by atoms with Gasteiger partial charge in [0.15, 0.2) is 0 Å². The van der Waals surface area contributed by atoms with Crippen molar-refractivity contribution in [3.63, 3.8) is 0 Å². The largest absolute Gasteiger partial charge is 0.497 e. The molecule has 1 rings (SSSR count). The van der Waals surface area contributed by atoms with Crippen LogP contribution in [0, 0.1) is 0 Å². The Bertz CT molecular complexity index is 385. The van der Waals surface area contributed by atoms with Gasteiger partial charge in [0.2, 0.25) is 0 Å². The fraction of sp³-hybridized carbons (Fsp3) is 0.250. The fourth-order valence-corrected chi connectivity index (χ4v) is 0.927. The minimum atomic E-state index is -4.64. The second-order valence-corrected chi connectivity index (χ2v) is 3.75. The van der Waals surface area contributed by atoms with Crippen molar-refractivity contribution in [2.45, 2.75) is 0 Å². The van der Waals surface area contributed by atoms with Crippen molar-refractivity contribution in [3.05, 3.63) is 18.2 Å². The Kier molecular flexibility index (Phi) is 6.55. The minimum absolute atomic E-state index is 0.693. The van der Waals surface area contributed by atoms with Gasteiger partial charge in [-0.2, -0.15) is 0 Å². The Hall–Kier alpha value is -1.31. The summed E-state index contributed by atoms with van der Waals surface area (Å²) in [4.78, 5) is 21.6. The average molecular weight is 266 g/mol. The molecule has 98 valence electrons. The Balaban J connectivity index is 0.000000437. The van der Waals surface area contributed by atoms with Crippen LogP contribution >= 0.6 is 7.82 Å². The van der Waals surface area contributed by atoms with Gasteiger partial charge in [0.25, 0.3) is 0 Å². The number of methoxy groups -OCH3 is 2. The van der Waals surface area contributed by atoms with Crippen LogP contribution in [0.3, 0.4) is 0 Å². The molecule has 17 heavy (non-hydrogen) atoms. The molecule has 0 bridgehead atoms. The van der Waals surface area contributed by atoms with Crippen LogP contribution in [0.5, 0.6) is 11.5 Å². The van der Waals surface area contributed by atoms with E-state index in [9.17, 15) is 0 Å². The van der Waals surface area contributed by atoms with Gasteiger partial charge in [0.05, 0.1) is 19.9 Å². The number of hydrogen-bond acceptors (Lipinski definition) is 5. The number of phosphoric acid groups is 1. The van der Waals surface area contributed by atoms with Crippen LogP contribution in [0.15, 0.2) is 18.2 Å². The predicted octanol–water partition coefficient (Wildman–Crippen LogP) is 0.0608. The highest BCUT2D eigenvalue weighted by atomic mass is 31.2. The third kappa shape index (κ3) is 7.56. The first-order valence-corrected chi connectivity index (χ1v) is 5.85. The number of benzene rings is 1. The van der Waals surface area contributed by atoms with Crippen LogP contribution in [0.25, 0.3) is 0 Å². The maximum absolute atomic E-state index is 8.88. The van der Waals surface area contributed by atoms with Crippen LogP contribution in [0.1, 0.15) is 0 Å². The van der Waals surface area contributed by atoms with E-state index in [4.69, 9.17) is 34.6 Å². The zero-order valence-corrected chi connectivity index (χ0v) is 10.2. The summed E-state index contributed by atoms with van der Waals surface area (Å²) in [6.07, 6.45) is 0.